The molecule has 1 aromatic heterocycles. The molecule has 2 heterocycles. The minimum atomic E-state index is -0.0779. The number of rotatable bonds is 5. The highest BCUT2D eigenvalue weighted by atomic mass is 16.1. The summed E-state index contributed by atoms with van der Waals surface area (Å²) >= 11 is 0. The van der Waals surface area contributed by atoms with E-state index >= 15 is 0 Å². The molecule has 0 saturated carbocycles. The standard InChI is InChI=1S/C12H21N5O/c1-16-7-9-17(10-8-16)6-2-4-13-12(18)11-3-5-14-15-11/h3,5H,2,4,6-10H2,1H3,(H,13,18)(H,14,15). The maximum absolute atomic E-state index is 11.6. The zero-order valence-corrected chi connectivity index (χ0v) is 10.9. The number of amides is 1. The number of H-pyrrole nitrogens is 1. The molecular weight excluding hydrogens is 230 g/mol. The van der Waals surface area contributed by atoms with Crippen LogP contribution in [0.25, 0.3) is 0 Å². The second kappa shape index (κ2) is 6.51. The molecule has 2 rings (SSSR count). The number of hydrogen-bond donors (Lipinski definition) is 2. The average molecular weight is 251 g/mol. The molecule has 0 radical (unpaired) electrons. The van der Waals surface area contributed by atoms with Gasteiger partial charge >= 0.3 is 0 Å². The topological polar surface area (TPSA) is 64.3 Å². The molecule has 18 heavy (non-hydrogen) atoms. The number of aromatic amines is 1. The molecule has 1 fully saturated rings. The van der Waals surface area contributed by atoms with Crippen molar-refractivity contribution in [2.75, 3.05) is 46.3 Å². The number of carbonyl (C=O) groups excluding carboxylic acids is 1. The van der Waals surface area contributed by atoms with Gasteiger partial charge in [-0.05, 0) is 26.1 Å². The smallest absolute Gasteiger partial charge is 0.269 e. The molecule has 0 aromatic carbocycles. The minimum absolute atomic E-state index is 0.0779. The number of likely N-dealkylation sites (N-methyl/N-ethyl adjacent to an activating group) is 1. The fraction of sp³-hybridized carbons (Fsp3) is 0.667. The van der Waals surface area contributed by atoms with E-state index in [2.05, 4.69) is 32.4 Å². The van der Waals surface area contributed by atoms with Crippen LogP contribution in [0.4, 0.5) is 0 Å². The van der Waals surface area contributed by atoms with Crippen molar-refractivity contribution < 1.29 is 4.79 Å². The normalized spacial score (nSPS) is 17.8. The average Bonchev–Trinajstić information content (AvgIpc) is 2.90. The lowest BCUT2D eigenvalue weighted by molar-refractivity contribution is 0.0944. The Morgan fingerprint density at radius 1 is 1.44 bits per heavy atom. The van der Waals surface area contributed by atoms with E-state index in [9.17, 15) is 4.79 Å². The lowest BCUT2D eigenvalue weighted by Crippen LogP contribution is -2.45. The quantitative estimate of drug-likeness (QED) is 0.710. The van der Waals surface area contributed by atoms with Gasteiger partial charge in [-0.15, -0.1) is 0 Å². The Hall–Kier alpha value is -1.40. The maximum atomic E-state index is 11.6. The lowest BCUT2D eigenvalue weighted by atomic mass is 10.3. The summed E-state index contributed by atoms with van der Waals surface area (Å²) in [4.78, 5) is 16.4. The van der Waals surface area contributed by atoms with E-state index in [0.717, 1.165) is 39.1 Å². The van der Waals surface area contributed by atoms with Gasteiger partial charge in [0.2, 0.25) is 0 Å². The third-order valence-corrected chi connectivity index (χ3v) is 3.28. The highest BCUT2D eigenvalue weighted by Gasteiger charge is 2.13. The molecular formula is C12H21N5O. The number of hydrogen-bond acceptors (Lipinski definition) is 4. The van der Waals surface area contributed by atoms with Crippen LogP contribution in [0.5, 0.6) is 0 Å². The first-order valence-corrected chi connectivity index (χ1v) is 6.44. The van der Waals surface area contributed by atoms with Gasteiger partial charge in [-0.25, -0.2) is 0 Å². The summed E-state index contributed by atoms with van der Waals surface area (Å²) in [6.07, 6.45) is 2.57. The molecule has 1 aromatic rings. The molecule has 1 aliphatic heterocycles. The lowest BCUT2D eigenvalue weighted by Gasteiger charge is -2.32. The second-order valence-electron chi connectivity index (χ2n) is 4.72. The Labute approximate surface area is 107 Å². The zero-order chi connectivity index (χ0) is 12.8. The maximum Gasteiger partial charge on any atom is 0.269 e. The Balaban J connectivity index is 1.57. The summed E-state index contributed by atoms with van der Waals surface area (Å²) in [5.41, 5.74) is 0.523. The minimum Gasteiger partial charge on any atom is -0.351 e. The van der Waals surface area contributed by atoms with E-state index in [0.29, 0.717) is 12.2 Å². The molecule has 1 amide bonds. The van der Waals surface area contributed by atoms with E-state index in [1.807, 2.05) is 0 Å². The fourth-order valence-corrected chi connectivity index (χ4v) is 2.05. The Kier molecular flexibility index (Phi) is 4.72. The number of nitrogens with zero attached hydrogens (tertiary/aromatic N) is 3. The van der Waals surface area contributed by atoms with Gasteiger partial charge in [0.15, 0.2) is 0 Å². The van der Waals surface area contributed by atoms with Gasteiger partial charge in [-0.1, -0.05) is 0 Å². The largest absolute Gasteiger partial charge is 0.351 e. The zero-order valence-electron chi connectivity index (χ0n) is 10.9. The van der Waals surface area contributed by atoms with Crippen LogP contribution in [-0.4, -0.2) is 72.2 Å². The summed E-state index contributed by atoms with van der Waals surface area (Å²) in [5.74, 6) is -0.0779. The molecule has 6 nitrogen and oxygen atoms in total. The summed E-state index contributed by atoms with van der Waals surface area (Å²) < 4.78 is 0. The molecule has 0 unspecified atom stereocenters. The highest BCUT2D eigenvalue weighted by molar-refractivity contribution is 5.91. The first-order chi connectivity index (χ1) is 8.75. The Bertz CT molecular complexity index is 357. The predicted octanol–water partition coefficient (Wildman–Crippen LogP) is -0.223. The van der Waals surface area contributed by atoms with Crippen molar-refractivity contribution in [1.29, 1.82) is 0 Å². The van der Waals surface area contributed by atoms with Crippen LogP contribution in [0.2, 0.25) is 0 Å². The second-order valence-corrected chi connectivity index (χ2v) is 4.72. The van der Waals surface area contributed by atoms with Gasteiger partial charge in [0, 0.05) is 38.9 Å². The first kappa shape index (κ1) is 13.0. The van der Waals surface area contributed by atoms with Crippen LogP contribution in [-0.2, 0) is 0 Å². The summed E-state index contributed by atoms with van der Waals surface area (Å²) in [6, 6.07) is 1.68. The van der Waals surface area contributed by atoms with E-state index in [1.54, 1.807) is 12.3 Å². The molecule has 0 bridgehead atoms. The SMILES string of the molecule is CN1CCN(CCCNC(=O)c2ccn[nH]2)CC1. The van der Waals surface area contributed by atoms with Gasteiger partial charge in [-0.2, -0.15) is 5.10 Å². The summed E-state index contributed by atoms with van der Waals surface area (Å²) in [7, 11) is 2.15. The van der Waals surface area contributed by atoms with Crippen molar-refractivity contribution in [2.24, 2.45) is 0 Å². The summed E-state index contributed by atoms with van der Waals surface area (Å²) in [6.45, 7) is 6.30. The van der Waals surface area contributed by atoms with Gasteiger partial charge in [0.05, 0.1) is 0 Å². The molecule has 2 N–H and O–H groups in total. The molecule has 6 heteroatoms. The molecule has 1 saturated heterocycles. The fourth-order valence-electron chi connectivity index (χ4n) is 2.05. The number of aromatic nitrogens is 2. The van der Waals surface area contributed by atoms with Gasteiger partial charge < -0.3 is 15.1 Å². The third kappa shape index (κ3) is 3.82. The van der Waals surface area contributed by atoms with E-state index in [4.69, 9.17) is 0 Å². The summed E-state index contributed by atoms with van der Waals surface area (Å²) in [5, 5.41) is 9.29. The van der Waals surface area contributed by atoms with Crippen molar-refractivity contribution >= 4 is 5.91 Å². The van der Waals surface area contributed by atoms with E-state index in [-0.39, 0.29) is 5.91 Å². The van der Waals surface area contributed by atoms with Crippen LogP contribution < -0.4 is 5.32 Å². The first-order valence-electron chi connectivity index (χ1n) is 6.44. The predicted molar refractivity (Wildman–Crippen MR) is 69.5 cm³/mol. The third-order valence-electron chi connectivity index (χ3n) is 3.28. The monoisotopic (exact) mass is 251 g/mol. The molecule has 0 spiro atoms. The van der Waals surface area contributed by atoms with Gasteiger partial charge in [0.1, 0.15) is 5.69 Å². The molecule has 100 valence electrons. The van der Waals surface area contributed by atoms with Crippen molar-refractivity contribution in [2.45, 2.75) is 6.42 Å². The Morgan fingerprint density at radius 2 is 2.22 bits per heavy atom. The van der Waals surface area contributed by atoms with Crippen molar-refractivity contribution in [3.05, 3.63) is 18.0 Å². The van der Waals surface area contributed by atoms with E-state index < -0.39 is 0 Å². The molecule has 1 aliphatic rings. The van der Waals surface area contributed by atoms with Crippen molar-refractivity contribution in [1.82, 2.24) is 25.3 Å². The van der Waals surface area contributed by atoms with E-state index in [1.165, 1.54) is 0 Å². The van der Waals surface area contributed by atoms with Crippen LogP contribution >= 0.6 is 0 Å². The number of carbonyl (C=O) groups is 1. The van der Waals surface area contributed by atoms with Crippen LogP contribution in [0, 0.1) is 0 Å². The van der Waals surface area contributed by atoms with Crippen LogP contribution in [0.3, 0.4) is 0 Å². The number of nitrogens with one attached hydrogen (secondary N) is 2. The molecule has 0 atom stereocenters. The van der Waals surface area contributed by atoms with Crippen LogP contribution in [0.1, 0.15) is 16.9 Å². The van der Waals surface area contributed by atoms with Crippen molar-refractivity contribution in [3.8, 4) is 0 Å². The number of piperazine rings is 1. The molecule has 0 aliphatic carbocycles. The Morgan fingerprint density at radius 3 is 2.89 bits per heavy atom. The van der Waals surface area contributed by atoms with Crippen LogP contribution in [0.15, 0.2) is 12.3 Å². The van der Waals surface area contributed by atoms with Gasteiger partial charge in [0.25, 0.3) is 5.91 Å². The van der Waals surface area contributed by atoms with Gasteiger partial charge in [-0.3, -0.25) is 9.89 Å². The van der Waals surface area contributed by atoms with Crippen molar-refractivity contribution in [3.63, 3.8) is 0 Å². The highest BCUT2D eigenvalue weighted by Crippen LogP contribution is 1.99.